The van der Waals surface area contributed by atoms with Crippen molar-refractivity contribution in [3.8, 4) is 0 Å². The highest BCUT2D eigenvalue weighted by Gasteiger charge is 2.23. The summed E-state index contributed by atoms with van der Waals surface area (Å²) in [5.41, 5.74) is 1.94. The quantitative estimate of drug-likeness (QED) is 0.510. The van der Waals surface area contributed by atoms with Crippen molar-refractivity contribution >= 4 is 5.97 Å². The number of hydrogen-bond donors (Lipinski definition) is 2. The minimum Gasteiger partial charge on any atom is -0.356 e. The summed E-state index contributed by atoms with van der Waals surface area (Å²) in [7, 11) is 0. The molecule has 1 fully saturated rings. The third kappa shape index (κ3) is 5.80. The molecule has 0 aromatic carbocycles. The zero-order valence-corrected chi connectivity index (χ0v) is 11.7. The third-order valence-electron chi connectivity index (χ3n) is 3.61. The largest absolute Gasteiger partial charge is 0.356 e. The fourth-order valence-corrected chi connectivity index (χ4v) is 2.52. The molecule has 0 heterocycles. The van der Waals surface area contributed by atoms with E-state index in [1.165, 1.54) is 32.1 Å². The lowest BCUT2D eigenvalue weighted by Crippen LogP contribution is -2.37. The van der Waals surface area contributed by atoms with Crippen molar-refractivity contribution in [2.24, 2.45) is 11.8 Å². The first-order valence-electron chi connectivity index (χ1n) is 7.02. The molecule has 0 unspecified atom stereocenters. The minimum absolute atomic E-state index is 0.287. The molecular formula is C13H27N3O2. The number of carbonyl (C=O) groups excluding carboxylic acids is 1. The highest BCUT2D eigenvalue weighted by Crippen LogP contribution is 2.24. The van der Waals surface area contributed by atoms with Crippen molar-refractivity contribution in [2.75, 3.05) is 13.1 Å². The van der Waals surface area contributed by atoms with Crippen molar-refractivity contribution in [2.45, 2.75) is 58.4 Å². The Hall–Kier alpha value is -0.650. The standard InChI is InChI=1S/C13H27N3O2/c1-11(2)7-9-16(12-5-3-4-6-12)10-8-13(17)18-15-14/h11-12,15H,3-10,14H2,1-2H3. The molecule has 0 atom stereocenters. The van der Waals surface area contributed by atoms with E-state index >= 15 is 0 Å². The van der Waals surface area contributed by atoms with Gasteiger partial charge in [-0.2, -0.15) is 0 Å². The van der Waals surface area contributed by atoms with E-state index in [-0.39, 0.29) is 5.97 Å². The first-order valence-corrected chi connectivity index (χ1v) is 7.02. The molecule has 0 radical (unpaired) electrons. The summed E-state index contributed by atoms with van der Waals surface area (Å²) in [4.78, 5) is 18.3. The molecule has 1 aliphatic carbocycles. The molecule has 18 heavy (non-hydrogen) atoms. The number of nitrogens with zero attached hydrogens (tertiary/aromatic N) is 1. The van der Waals surface area contributed by atoms with Crippen molar-refractivity contribution < 1.29 is 9.63 Å². The van der Waals surface area contributed by atoms with Crippen LogP contribution in [0.15, 0.2) is 0 Å². The van der Waals surface area contributed by atoms with Gasteiger partial charge in [0, 0.05) is 12.6 Å². The van der Waals surface area contributed by atoms with Crippen molar-refractivity contribution in [3.63, 3.8) is 0 Å². The van der Waals surface area contributed by atoms with Gasteiger partial charge in [-0.3, -0.25) is 9.69 Å². The molecule has 0 amide bonds. The van der Waals surface area contributed by atoms with Gasteiger partial charge in [0.1, 0.15) is 0 Å². The second-order valence-corrected chi connectivity index (χ2v) is 5.50. The Kier molecular flexibility index (Phi) is 7.23. The molecule has 1 saturated carbocycles. The average molecular weight is 257 g/mol. The Balaban J connectivity index is 2.36. The Morgan fingerprint density at radius 2 is 2.06 bits per heavy atom. The summed E-state index contributed by atoms with van der Waals surface area (Å²) in [6, 6.07) is 0.655. The van der Waals surface area contributed by atoms with E-state index in [4.69, 9.17) is 5.84 Å². The van der Waals surface area contributed by atoms with Gasteiger partial charge in [0.15, 0.2) is 0 Å². The van der Waals surface area contributed by atoms with Gasteiger partial charge in [0.25, 0.3) is 0 Å². The first-order chi connectivity index (χ1) is 8.63. The number of nitrogens with two attached hydrogens (primary N) is 1. The zero-order valence-electron chi connectivity index (χ0n) is 11.7. The van der Waals surface area contributed by atoms with Gasteiger partial charge >= 0.3 is 5.97 Å². The highest BCUT2D eigenvalue weighted by molar-refractivity contribution is 5.69. The maximum absolute atomic E-state index is 11.3. The fourth-order valence-electron chi connectivity index (χ4n) is 2.52. The van der Waals surface area contributed by atoms with Crippen molar-refractivity contribution in [1.29, 1.82) is 0 Å². The molecule has 5 heteroatoms. The molecule has 106 valence electrons. The fraction of sp³-hybridized carbons (Fsp3) is 0.923. The van der Waals surface area contributed by atoms with E-state index in [1.54, 1.807) is 0 Å². The molecule has 1 rings (SSSR count). The summed E-state index contributed by atoms with van der Waals surface area (Å²) in [5.74, 6) is 5.36. The number of hydrazine groups is 1. The summed E-state index contributed by atoms with van der Waals surface area (Å²) < 4.78 is 0. The van der Waals surface area contributed by atoms with E-state index in [2.05, 4.69) is 23.6 Å². The SMILES string of the molecule is CC(C)CCN(CCC(=O)ONN)C1CCCC1. The Morgan fingerprint density at radius 1 is 1.39 bits per heavy atom. The van der Waals surface area contributed by atoms with Crippen LogP contribution < -0.4 is 11.4 Å². The normalized spacial score (nSPS) is 16.7. The van der Waals surface area contributed by atoms with Crippen LogP contribution in [0.1, 0.15) is 52.4 Å². The molecule has 3 N–H and O–H groups in total. The molecule has 0 bridgehead atoms. The number of carbonyl (C=O) groups is 1. The Morgan fingerprint density at radius 3 is 2.61 bits per heavy atom. The van der Waals surface area contributed by atoms with Gasteiger partial charge in [-0.25, -0.2) is 5.84 Å². The molecule has 0 aromatic heterocycles. The van der Waals surface area contributed by atoms with E-state index in [9.17, 15) is 4.79 Å². The van der Waals surface area contributed by atoms with Crippen LogP contribution in [-0.4, -0.2) is 30.0 Å². The average Bonchev–Trinajstić information content (AvgIpc) is 2.82. The minimum atomic E-state index is -0.287. The predicted molar refractivity (Wildman–Crippen MR) is 71.3 cm³/mol. The molecule has 0 spiro atoms. The summed E-state index contributed by atoms with van der Waals surface area (Å²) in [5, 5.41) is 0. The van der Waals surface area contributed by atoms with Gasteiger partial charge in [-0.05, 0) is 31.7 Å². The number of hydrogen-bond acceptors (Lipinski definition) is 5. The van der Waals surface area contributed by atoms with Crippen molar-refractivity contribution in [1.82, 2.24) is 10.5 Å². The maximum atomic E-state index is 11.3. The lowest BCUT2D eigenvalue weighted by Gasteiger charge is -2.29. The second kappa shape index (κ2) is 8.45. The van der Waals surface area contributed by atoms with Crippen LogP contribution in [0.4, 0.5) is 0 Å². The van der Waals surface area contributed by atoms with E-state index in [0.29, 0.717) is 18.4 Å². The van der Waals surface area contributed by atoms with Crippen LogP contribution in [0.3, 0.4) is 0 Å². The van der Waals surface area contributed by atoms with Gasteiger partial charge < -0.3 is 4.84 Å². The summed E-state index contributed by atoms with van der Waals surface area (Å²) >= 11 is 0. The Labute approximate surface area is 110 Å². The van der Waals surface area contributed by atoms with Crippen LogP contribution >= 0.6 is 0 Å². The predicted octanol–water partition coefficient (Wildman–Crippen LogP) is 1.59. The van der Waals surface area contributed by atoms with Gasteiger partial charge in [-0.15, -0.1) is 0 Å². The van der Waals surface area contributed by atoms with E-state index in [0.717, 1.165) is 13.1 Å². The van der Waals surface area contributed by atoms with E-state index in [1.807, 2.05) is 5.59 Å². The molecular weight excluding hydrogens is 230 g/mol. The van der Waals surface area contributed by atoms with Gasteiger partial charge in [-0.1, -0.05) is 32.3 Å². The lowest BCUT2D eigenvalue weighted by atomic mass is 10.1. The number of nitrogens with one attached hydrogen (secondary N) is 1. The van der Waals surface area contributed by atoms with Gasteiger partial charge in [0.05, 0.1) is 6.42 Å². The van der Waals surface area contributed by atoms with Gasteiger partial charge in [0.2, 0.25) is 0 Å². The van der Waals surface area contributed by atoms with Crippen LogP contribution in [-0.2, 0) is 9.63 Å². The molecule has 0 saturated heterocycles. The number of rotatable bonds is 8. The second-order valence-electron chi connectivity index (χ2n) is 5.50. The summed E-state index contributed by atoms with van der Waals surface area (Å²) in [6.07, 6.45) is 6.75. The topological polar surface area (TPSA) is 67.6 Å². The van der Waals surface area contributed by atoms with Crippen molar-refractivity contribution in [3.05, 3.63) is 0 Å². The third-order valence-corrected chi connectivity index (χ3v) is 3.61. The smallest absolute Gasteiger partial charge is 0.327 e. The maximum Gasteiger partial charge on any atom is 0.327 e. The van der Waals surface area contributed by atoms with Crippen LogP contribution in [0.2, 0.25) is 0 Å². The zero-order chi connectivity index (χ0) is 13.4. The van der Waals surface area contributed by atoms with Crippen LogP contribution in [0.25, 0.3) is 0 Å². The molecule has 0 aliphatic heterocycles. The molecule has 0 aromatic rings. The molecule has 5 nitrogen and oxygen atoms in total. The van der Waals surface area contributed by atoms with E-state index < -0.39 is 0 Å². The van der Waals surface area contributed by atoms with Crippen LogP contribution in [0.5, 0.6) is 0 Å². The van der Waals surface area contributed by atoms with Crippen LogP contribution in [0, 0.1) is 5.92 Å². The Bertz CT molecular complexity index is 240. The summed E-state index contributed by atoms with van der Waals surface area (Å²) in [6.45, 7) is 6.32. The first kappa shape index (κ1) is 15.4. The molecule has 1 aliphatic rings. The monoisotopic (exact) mass is 257 g/mol. The lowest BCUT2D eigenvalue weighted by molar-refractivity contribution is -0.151. The highest BCUT2D eigenvalue weighted by atomic mass is 16.7.